The first-order chi connectivity index (χ1) is 14.9. The maximum atomic E-state index is 12.9. The van der Waals surface area contributed by atoms with Crippen molar-refractivity contribution in [1.29, 1.82) is 0 Å². The normalized spacial score (nSPS) is 11.0. The molecular formula is C21H29F2IN4O4. The minimum absolute atomic E-state index is 0. The van der Waals surface area contributed by atoms with Gasteiger partial charge in [0.1, 0.15) is 5.76 Å². The monoisotopic (exact) mass is 566 g/mol. The molecule has 0 spiro atoms. The van der Waals surface area contributed by atoms with E-state index >= 15 is 0 Å². The number of nitrogens with zero attached hydrogens (tertiary/aromatic N) is 2. The van der Waals surface area contributed by atoms with E-state index in [9.17, 15) is 13.6 Å². The maximum Gasteiger partial charge on any atom is 0.387 e. The fourth-order valence-corrected chi connectivity index (χ4v) is 2.59. The molecule has 2 aromatic rings. The largest absolute Gasteiger partial charge is 0.490 e. The number of likely N-dealkylation sites (N-methyl/N-ethyl adjacent to an activating group) is 1. The van der Waals surface area contributed by atoms with Crippen LogP contribution in [-0.2, 0) is 17.8 Å². The molecule has 32 heavy (non-hydrogen) atoms. The quantitative estimate of drug-likeness (QED) is 0.247. The van der Waals surface area contributed by atoms with E-state index in [0.717, 1.165) is 5.76 Å². The topological polar surface area (TPSA) is 88.3 Å². The fraction of sp³-hybridized carbons (Fsp3) is 0.429. The minimum atomic E-state index is -2.99. The molecule has 0 atom stereocenters. The van der Waals surface area contributed by atoms with Gasteiger partial charge in [-0.2, -0.15) is 8.78 Å². The van der Waals surface area contributed by atoms with Crippen LogP contribution in [0.25, 0.3) is 0 Å². The Balaban J connectivity index is 0.00000512. The van der Waals surface area contributed by atoms with Crippen molar-refractivity contribution in [2.24, 2.45) is 4.99 Å². The zero-order valence-electron chi connectivity index (χ0n) is 18.3. The molecule has 1 heterocycles. The van der Waals surface area contributed by atoms with Gasteiger partial charge in [-0.15, -0.1) is 24.0 Å². The van der Waals surface area contributed by atoms with Gasteiger partial charge in [-0.1, -0.05) is 12.1 Å². The molecule has 0 saturated carbocycles. The number of hydrogen-bond donors (Lipinski definition) is 2. The van der Waals surface area contributed by atoms with Gasteiger partial charge in [0.15, 0.2) is 17.5 Å². The molecule has 2 rings (SSSR count). The lowest BCUT2D eigenvalue weighted by Crippen LogP contribution is -2.43. The number of guanidine groups is 1. The SMILES string of the molecule is CCOc1cccc(CN=C(NCCc2ccco2)NCC(=O)N(C)C)c1OC(F)F.I. The van der Waals surface area contributed by atoms with Crippen LogP contribution in [0.4, 0.5) is 8.78 Å². The summed E-state index contributed by atoms with van der Waals surface area (Å²) < 4.78 is 41.2. The van der Waals surface area contributed by atoms with E-state index in [0.29, 0.717) is 31.1 Å². The number of carbonyl (C=O) groups is 1. The Hall–Kier alpha value is -2.57. The van der Waals surface area contributed by atoms with Crippen molar-refractivity contribution in [2.75, 3.05) is 33.8 Å². The highest BCUT2D eigenvalue weighted by Crippen LogP contribution is 2.33. The van der Waals surface area contributed by atoms with Crippen LogP contribution >= 0.6 is 24.0 Å². The van der Waals surface area contributed by atoms with Crippen molar-refractivity contribution in [2.45, 2.75) is 26.5 Å². The van der Waals surface area contributed by atoms with E-state index in [1.807, 2.05) is 6.07 Å². The van der Waals surface area contributed by atoms with Crippen molar-refractivity contribution in [1.82, 2.24) is 15.5 Å². The second-order valence-corrected chi connectivity index (χ2v) is 6.62. The van der Waals surface area contributed by atoms with E-state index in [4.69, 9.17) is 9.15 Å². The number of para-hydroxylation sites is 1. The number of nitrogens with one attached hydrogen (secondary N) is 2. The summed E-state index contributed by atoms with van der Waals surface area (Å²) in [4.78, 5) is 17.8. The number of aliphatic imine (C=N–C) groups is 1. The first kappa shape index (κ1) is 27.5. The van der Waals surface area contributed by atoms with Crippen LogP contribution in [0.5, 0.6) is 11.5 Å². The van der Waals surface area contributed by atoms with Crippen molar-refractivity contribution in [3.05, 3.63) is 47.9 Å². The molecule has 0 saturated heterocycles. The van der Waals surface area contributed by atoms with E-state index in [2.05, 4.69) is 20.4 Å². The van der Waals surface area contributed by atoms with Crippen molar-refractivity contribution < 1.29 is 27.5 Å². The van der Waals surface area contributed by atoms with Crippen LogP contribution in [0, 0.1) is 0 Å². The summed E-state index contributed by atoms with van der Waals surface area (Å²) in [7, 11) is 3.30. The van der Waals surface area contributed by atoms with Crippen LogP contribution < -0.4 is 20.1 Å². The van der Waals surface area contributed by atoms with Gasteiger partial charge < -0.3 is 29.4 Å². The van der Waals surface area contributed by atoms with Crippen LogP contribution in [0.2, 0.25) is 0 Å². The molecule has 1 aromatic heterocycles. The highest BCUT2D eigenvalue weighted by Gasteiger charge is 2.16. The number of ether oxygens (including phenoxy) is 2. The van der Waals surface area contributed by atoms with Crippen molar-refractivity contribution >= 4 is 35.8 Å². The summed E-state index contributed by atoms with van der Waals surface area (Å²) in [5.74, 6) is 1.18. The number of rotatable bonds is 11. The number of halogens is 3. The summed E-state index contributed by atoms with van der Waals surface area (Å²) in [5, 5.41) is 6.06. The Morgan fingerprint density at radius 3 is 2.62 bits per heavy atom. The molecule has 0 fully saturated rings. The van der Waals surface area contributed by atoms with Crippen LogP contribution in [0.3, 0.4) is 0 Å². The highest BCUT2D eigenvalue weighted by molar-refractivity contribution is 14.0. The molecule has 11 heteroatoms. The molecule has 1 amide bonds. The third-order valence-electron chi connectivity index (χ3n) is 4.12. The summed E-state index contributed by atoms with van der Waals surface area (Å²) in [6.07, 6.45) is 2.20. The molecule has 8 nitrogen and oxygen atoms in total. The molecule has 1 aromatic carbocycles. The summed E-state index contributed by atoms with van der Waals surface area (Å²) in [6.45, 7) is -0.376. The Labute approximate surface area is 203 Å². The van der Waals surface area contributed by atoms with Gasteiger partial charge in [-0.3, -0.25) is 4.79 Å². The number of carbonyl (C=O) groups excluding carboxylic acids is 1. The zero-order chi connectivity index (χ0) is 22.6. The Morgan fingerprint density at radius 1 is 1.22 bits per heavy atom. The van der Waals surface area contributed by atoms with Gasteiger partial charge >= 0.3 is 6.61 Å². The predicted molar refractivity (Wildman–Crippen MR) is 128 cm³/mol. The molecule has 0 aliphatic heterocycles. The van der Waals surface area contributed by atoms with Crippen molar-refractivity contribution in [3.8, 4) is 11.5 Å². The molecule has 2 N–H and O–H groups in total. The predicted octanol–water partition coefficient (Wildman–Crippen LogP) is 3.26. The average molecular weight is 566 g/mol. The summed E-state index contributed by atoms with van der Waals surface area (Å²) in [5.41, 5.74) is 0.428. The van der Waals surface area contributed by atoms with Gasteiger partial charge in [0, 0.05) is 32.6 Å². The first-order valence-corrected chi connectivity index (χ1v) is 9.85. The average Bonchev–Trinajstić information content (AvgIpc) is 3.24. The third-order valence-corrected chi connectivity index (χ3v) is 4.12. The first-order valence-electron chi connectivity index (χ1n) is 9.85. The van der Waals surface area contributed by atoms with E-state index in [1.165, 1.54) is 4.90 Å². The second-order valence-electron chi connectivity index (χ2n) is 6.62. The number of amides is 1. The molecular weight excluding hydrogens is 537 g/mol. The van der Waals surface area contributed by atoms with E-state index in [1.54, 1.807) is 51.5 Å². The van der Waals surface area contributed by atoms with Gasteiger partial charge in [0.05, 0.1) is 26.0 Å². The minimum Gasteiger partial charge on any atom is -0.490 e. The number of hydrogen-bond acceptors (Lipinski definition) is 5. The number of alkyl halides is 2. The lowest BCUT2D eigenvalue weighted by atomic mass is 10.2. The molecule has 0 aliphatic carbocycles. The third kappa shape index (κ3) is 9.28. The van der Waals surface area contributed by atoms with E-state index in [-0.39, 0.29) is 54.5 Å². The van der Waals surface area contributed by atoms with Gasteiger partial charge in [-0.05, 0) is 25.1 Å². The lowest BCUT2D eigenvalue weighted by molar-refractivity contribution is -0.127. The molecule has 0 bridgehead atoms. The number of furan rings is 1. The highest BCUT2D eigenvalue weighted by atomic mass is 127. The zero-order valence-corrected chi connectivity index (χ0v) is 20.6. The molecule has 0 aliphatic rings. The Bertz CT molecular complexity index is 848. The standard InChI is InChI=1S/C21H28F2N4O4.HI/c1-4-29-17-9-5-7-15(19(17)31-20(22)23)13-25-21(26-14-18(28)27(2)3)24-11-10-16-8-6-12-30-16;/h5-9,12,20H,4,10-11,13-14H2,1-3H3,(H2,24,25,26);1H. The van der Waals surface area contributed by atoms with E-state index < -0.39 is 6.61 Å². The molecule has 0 unspecified atom stereocenters. The number of benzene rings is 1. The van der Waals surface area contributed by atoms with Crippen molar-refractivity contribution in [3.63, 3.8) is 0 Å². The Kier molecular flexibility index (Phi) is 12.4. The lowest BCUT2D eigenvalue weighted by Gasteiger charge is -2.16. The van der Waals surface area contributed by atoms with Crippen LogP contribution in [-0.4, -0.2) is 57.2 Å². The maximum absolute atomic E-state index is 12.9. The van der Waals surface area contributed by atoms with Crippen LogP contribution in [0.1, 0.15) is 18.2 Å². The van der Waals surface area contributed by atoms with Gasteiger partial charge in [-0.25, -0.2) is 4.99 Å². The molecule has 178 valence electrons. The summed E-state index contributed by atoms with van der Waals surface area (Å²) >= 11 is 0. The second kappa shape index (κ2) is 14.5. The Morgan fingerprint density at radius 2 is 2.00 bits per heavy atom. The van der Waals surface area contributed by atoms with Gasteiger partial charge in [0.25, 0.3) is 0 Å². The van der Waals surface area contributed by atoms with Gasteiger partial charge in [0.2, 0.25) is 5.91 Å². The molecule has 0 radical (unpaired) electrons. The smallest absolute Gasteiger partial charge is 0.387 e. The fourth-order valence-electron chi connectivity index (χ4n) is 2.59. The summed E-state index contributed by atoms with van der Waals surface area (Å²) in [6, 6.07) is 8.53. The van der Waals surface area contributed by atoms with Crippen LogP contribution in [0.15, 0.2) is 46.0 Å².